The Hall–Kier alpha value is -1.12. The van der Waals surface area contributed by atoms with E-state index in [1.54, 1.807) is 0 Å². The van der Waals surface area contributed by atoms with E-state index in [1.807, 2.05) is 37.3 Å². The summed E-state index contributed by atoms with van der Waals surface area (Å²) in [5, 5.41) is 10.8. The Morgan fingerprint density at radius 2 is 1.58 bits per heavy atom. The molecule has 0 aliphatic heterocycles. The molecule has 0 amide bonds. The van der Waals surface area contributed by atoms with Gasteiger partial charge in [0.05, 0.1) is 5.60 Å². The molecule has 0 aliphatic carbocycles. The van der Waals surface area contributed by atoms with Crippen LogP contribution in [-0.2, 0) is 12.8 Å². The van der Waals surface area contributed by atoms with Gasteiger partial charge >= 0.3 is 0 Å². The molecular formula is C17H19BrO. The zero-order valence-corrected chi connectivity index (χ0v) is 12.7. The monoisotopic (exact) mass is 318 g/mol. The molecule has 1 atom stereocenters. The second-order valence-electron chi connectivity index (χ2n) is 5.05. The van der Waals surface area contributed by atoms with Crippen molar-refractivity contribution in [2.45, 2.75) is 31.8 Å². The highest BCUT2D eigenvalue weighted by Gasteiger charge is 2.25. The van der Waals surface area contributed by atoms with E-state index < -0.39 is 5.60 Å². The third kappa shape index (κ3) is 4.19. The number of aliphatic hydroxyl groups is 1. The Balaban J connectivity index is 2.14. The van der Waals surface area contributed by atoms with Gasteiger partial charge < -0.3 is 5.11 Å². The van der Waals surface area contributed by atoms with Crippen LogP contribution in [0.25, 0.3) is 0 Å². The minimum Gasteiger partial charge on any atom is -0.389 e. The van der Waals surface area contributed by atoms with Gasteiger partial charge in [-0.05, 0) is 29.7 Å². The molecule has 2 aromatic rings. The fourth-order valence-corrected chi connectivity index (χ4v) is 2.76. The normalized spacial score (nSPS) is 14.1. The van der Waals surface area contributed by atoms with Gasteiger partial charge in [-0.15, -0.1) is 0 Å². The third-order valence-electron chi connectivity index (χ3n) is 3.46. The van der Waals surface area contributed by atoms with Crippen LogP contribution in [-0.4, -0.2) is 10.7 Å². The van der Waals surface area contributed by atoms with Gasteiger partial charge in [0.15, 0.2) is 0 Å². The van der Waals surface area contributed by atoms with Crippen molar-refractivity contribution in [1.29, 1.82) is 0 Å². The van der Waals surface area contributed by atoms with Crippen molar-refractivity contribution in [3.63, 3.8) is 0 Å². The quantitative estimate of drug-likeness (QED) is 0.867. The van der Waals surface area contributed by atoms with Crippen molar-refractivity contribution in [3.8, 4) is 0 Å². The second-order valence-corrected chi connectivity index (χ2v) is 5.96. The van der Waals surface area contributed by atoms with E-state index in [4.69, 9.17) is 0 Å². The molecule has 0 spiro atoms. The van der Waals surface area contributed by atoms with Crippen molar-refractivity contribution >= 4 is 15.9 Å². The van der Waals surface area contributed by atoms with Crippen LogP contribution < -0.4 is 0 Å². The van der Waals surface area contributed by atoms with Gasteiger partial charge in [-0.3, -0.25) is 0 Å². The van der Waals surface area contributed by atoms with E-state index in [9.17, 15) is 5.11 Å². The minimum absolute atomic E-state index is 0.678. The molecule has 0 heterocycles. The number of rotatable bonds is 5. The first-order chi connectivity index (χ1) is 9.11. The van der Waals surface area contributed by atoms with E-state index in [2.05, 4.69) is 40.2 Å². The van der Waals surface area contributed by atoms with Crippen LogP contribution in [0.3, 0.4) is 0 Å². The van der Waals surface area contributed by atoms with E-state index in [0.29, 0.717) is 12.8 Å². The lowest BCUT2D eigenvalue weighted by atomic mass is 9.86. The summed E-state index contributed by atoms with van der Waals surface area (Å²) >= 11 is 3.48. The van der Waals surface area contributed by atoms with Crippen LogP contribution in [0.15, 0.2) is 59.1 Å². The summed E-state index contributed by atoms with van der Waals surface area (Å²) in [6, 6.07) is 18.3. The van der Waals surface area contributed by atoms with E-state index in [1.165, 1.54) is 5.56 Å². The van der Waals surface area contributed by atoms with Crippen molar-refractivity contribution in [3.05, 3.63) is 70.2 Å². The summed E-state index contributed by atoms with van der Waals surface area (Å²) < 4.78 is 1.06. The highest BCUT2D eigenvalue weighted by Crippen LogP contribution is 2.24. The summed E-state index contributed by atoms with van der Waals surface area (Å²) in [4.78, 5) is 0. The van der Waals surface area contributed by atoms with Gasteiger partial charge in [0.25, 0.3) is 0 Å². The van der Waals surface area contributed by atoms with Crippen LogP contribution >= 0.6 is 15.9 Å². The molecule has 19 heavy (non-hydrogen) atoms. The third-order valence-corrected chi connectivity index (χ3v) is 3.95. The molecule has 0 aromatic heterocycles. The molecule has 1 N–H and O–H groups in total. The van der Waals surface area contributed by atoms with Crippen LogP contribution in [0, 0.1) is 0 Å². The van der Waals surface area contributed by atoms with Crippen LogP contribution in [0.5, 0.6) is 0 Å². The van der Waals surface area contributed by atoms with Gasteiger partial charge in [-0.1, -0.05) is 65.3 Å². The Bertz CT molecular complexity index is 524. The molecule has 100 valence electrons. The predicted molar refractivity (Wildman–Crippen MR) is 83.2 cm³/mol. The fraction of sp³-hybridized carbons (Fsp3) is 0.294. The topological polar surface area (TPSA) is 20.2 Å². The van der Waals surface area contributed by atoms with Gasteiger partial charge in [0.2, 0.25) is 0 Å². The summed E-state index contributed by atoms with van der Waals surface area (Å²) in [7, 11) is 0. The van der Waals surface area contributed by atoms with Gasteiger partial charge in [-0.25, -0.2) is 0 Å². The van der Waals surface area contributed by atoms with Crippen LogP contribution in [0.1, 0.15) is 24.5 Å². The first kappa shape index (κ1) is 14.3. The summed E-state index contributed by atoms with van der Waals surface area (Å²) in [5.41, 5.74) is 1.67. The second kappa shape index (κ2) is 6.36. The SMILES string of the molecule is CCC(O)(Cc1ccccc1)Cc1cccc(Br)c1. The van der Waals surface area contributed by atoms with Crippen LogP contribution in [0.4, 0.5) is 0 Å². The molecule has 2 heteroatoms. The lowest BCUT2D eigenvalue weighted by Gasteiger charge is -2.27. The molecule has 1 nitrogen and oxygen atoms in total. The molecule has 0 saturated carbocycles. The Labute approximate surface area is 123 Å². The van der Waals surface area contributed by atoms with Gasteiger partial charge in [0.1, 0.15) is 0 Å². The molecular weight excluding hydrogens is 300 g/mol. The zero-order chi connectivity index (χ0) is 13.7. The standard InChI is InChI=1S/C17H19BrO/c1-2-17(19,12-14-7-4-3-5-8-14)13-15-9-6-10-16(18)11-15/h3-11,19H,2,12-13H2,1H3. The predicted octanol–water partition coefficient (Wildman–Crippen LogP) is 4.38. The minimum atomic E-state index is -0.678. The molecule has 2 aromatic carbocycles. The number of hydrogen-bond donors (Lipinski definition) is 1. The highest BCUT2D eigenvalue weighted by atomic mass is 79.9. The average Bonchev–Trinajstić information content (AvgIpc) is 2.40. The maximum Gasteiger partial charge on any atom is 0.0725 e. The maximum absolute atomic E-state index is 10.8. The molecule has 0 radical (unpaired) electrons. The molecule has 0 fully saturated rings. The van der Waals surface area contributed by atoms with E-state index >= 15 is 0 Å². The van der Waals surface area contributed by atoms with Gasteiger partial charge in [-0.2, -0.15) is 0 Å². The molecule has 2 rings (SSSR count). The van der Waals surface area contributed by atoms with Crippen molar-refractivity contribution in [2.75, 3.05) is 0 Å². The lowest BCUT2D eigenvalue weighted by molar-refractivity contribution is 0.0368. The summed E-state index contributed by atoms with van der Waals surface area (Å²) in [6.45, 7) is 2.04. The summed E-state index contributed by atoms with van der Waals surface area (Å²) in [5.74, 6) is 0. The van der Waals surface area contributed by atoms with E-state index in [0.717, 1.165) is 16.5 Å². The first-order valence-electron chi connectivity index (χ1n) is 6.62. The maximum atomic E-state index is 10.8. The zero-order valence-electron chi connectivity index (χ0n) is 11.1. The number of benzene rings is 2. The first-order valence-corrected chi connectivity index (χ1v) is 7.41. The van der Waals surface area contributed by atoms with E-state index in [-0.39, 0.29) is 0 Å². The van der Waals surface area contributed by atoms with Gasteiger partial charge in [0, 0.05) is 17.3 Å². The number of hydrogen-bond acceptors (Lipinski definition) is 1. The summed E-state index contributed by atoms with van der Waals surface area (Å²) in [6.07, 6.45) is 2.11. The Morgan fingerprint density at radius 3 is 2.21 bits per heavy atom. The van der Waals surface area contributed by atoms with Crippen molar-refractivity contribution in [1.82, 2.24) is 0 Å². The smallest absolute Gasteiger partial charge is 0.0725 e. The largest absolute Gasteiger partial charge is 0.389 e. The Morgan fingerprint density at radius 1 is 0.947 bits per heavy atom. The highest BCUT2D eigenvalue weighted by molar-refractivity contribution is 9.10. The fourth-order valence-electron chi connectivity index (χ4n) is 2.32. The van der Waals surface area contributed by atoms with Crippen molar-refractivity contribution in [2.24, 2.45) is 0 Å². The molecule has 0 saturated heterocycles. The molecule has 1 unspecified atom stereocenters. The van der Waals surface area contributed by atoms with Crippen LogP contribution in [0.2, 0.25) is 0 Å². The molecule has 0 bridgehead atoms. The Kier molecular flexibility index (Phi) is 4.78. The number of halogens is 1. The van der Waals surface area contributed by atoms with Crippen molar-refractivity contribution < 1.29 is 5.11 Å². The lowest BCUT2D eigenvalue weighted by Crippen LogP contribution is -2.33. The molecule has 0 aliphatic rings. The average molecular weight is 319 g/mol.